The highest BCUT2D eigenvalue weighted by molar-refractivity contribution is 6.31. The molecule has 0 bridgehead atoms. The number of carbonyl (C=O) groups excluding carboxylic acids is 2. The molecule has 0 saturated carbocycles. The molecule has 136 valence electrons. The van der Waals surface area contributed by atoms with E-state index in [0.29, 0.717) is 35.1 Å². The molecule has 0 amide bonds. The molecule has 0 radical (unpaired) electrons. The predicted molar refractivity (Wildman–Crippen MR) is 98.9 cm³/mol. The van der Waals surface area contributed by atoms with Gasteiger partial charge in [-0.05, 0) is 48.9 Å². The first kappa shape index (κ1) is 19.5. The van der Waals surface area contributed by atoms with Crippen LogP contribution in [0.25, 0.3) is 0 Å². The Morgan fingerprint density at radius 3 is 2.42 bits per heavy atom. The van der Waals surface area contributed by atoms with Crippen LogP contribution in [0.3, 0.4) is 0 Å². The van der Waals surface area contributed by atoms with Crippen molar-refractivity contribution in [3.63, 3.8) is 0 Å². The minimum Gasteiger partial charge on any atom is -0.493 e. The zero-order valence-corrected chi connectivity index (χ0v) is 15.1. The summed E-state index contributed by atoms with van der Waals surface area (Å²) < 4.78 is 15.7. The largest absolute Gasteiger partial charge is 0.493 e. The lowest BCUT2D eigenvalue weighted by Crippen LogP contribution is -2.09. The van der Waals surface area contributed by atoms with Crippen LogP contribution in [0.4, 0.5) is 0 Å². The van der Waals surface area contributed by atoms with Gasteiger partial charge < -0.3 is 14.2 Å². The van der Waals surface area contributed by atoms with Crippen molar-refractivity contribution in [2.24, 2.45) is 0 Å². The van der Waals surface area contributed by atoms with Gasteiger partial charge in [0.2, 0.25) is 0 Å². The Balaban J connectivity index is 1.82. The van der Waals surface area contributed by atoms with Crippen LogP contribution in [0, 0.1) is 6.92 Å². The molecule has 0 N–H and O–H groups in total. The molecule has 0 saturated heterocycles. The maximum Gasteiger partial charge on any atom is 0.343 e. The smallest absolute Gasteiger partial charge is 0.343 e. The Kier molecular flexibility index (Phi) is 7.24. The van der Waals surface area contributed by atoms with Crippen molar-refractivity contribution in [2.45, 2.75) is 13.3 Å². The third-order valence-electron chi connectivity index (χ3n) is 3.41. The van der Waals surface area contributed by atoms with Crippen LogP contribution in [-0.2, 0) is 9.53 Å². The normalized spacial score (nSPS) is 10.1. The van der Waals surface area contributed by atoms with Gasteiger partial charge in [0.1, 0.15) is 11.5 Å². The number of halogens is 1. The Morgan fingerprint density at radius 1 is 1.08 bits per heavy atom. The van der Waals surface area contributed by atoms with Gasteiger partial charge in [-0.3, -0.25) is 0 Å². The maximum atomic E-state index is 12.2. The molecule has 0 heterocycles. The van der Waals surface area contributed by atoms with E-state index >= 15 is 0 Å². The maximum absolute atomic E-state index is 12.2. The fraction of sp³-hybridized carbons (Fsp3) is 0.200. The van der Waals surface area contributed by atoms with E-state index in [2.05, 4.69) is 6.58 Å². The van der Waals surface area contributed by atoms with Crippen LogP contribution in [0.15, 0.2) is 55.1 Å². The van der Waals surface area contributed by atoms with Crippen LogP contribution >= 0.6 is 11.6 Å². The first-order valence-corrected chi connectivity index (χ1v) is 8.38. The number of rotatable bonds is 8. The molecule has 26 heavy (non-hydrogen) atoms. The second-order valence-corrected chi connectivity index (χ2v) is 5.81. The minimum absolute atomic E-state index is 0.258. The summed E-state index contributed by atoms with van der Waals surface area (Å²) in [4.78, 5) is 23.0. The SMILES string of the molecule is C=CC(=O)OCCCOc1ccc(C(=O)Oc2ccc(C)c(Cl)c2)cc1. The Bertz CT molecular complexity index is 783. The van der Waals surface area contributed by atoms with E-state index in [-0.39, 0.29) is 6.61 Å². The highest BCUT2D eigenvalue weighted by Gasteiger charge is 2.10. The Hall–Kier alpha value is -2.79. The summed E-state index contributed by atoms with van der Waals surface area (Å²) in [6, 6.07) is 11.7. The van der Waals surface area contributed by atoms with Gasteiger partial charge in [-0.15, -0.1) is 0 Å². The number of hydrogen-bond donors (Lipinski definition) is 0. The van der Waals surface area contributed by atoms with E-state index in [9.17, 15) is 9.59 Å². The van der Waals surface area contributed by atoms with E-state index in [1.54, 1.807) is 42.5 Å². The standard InChI is InChI=1S/C20H19ClO5/c1-3-19(22)25-12-4-11-24-16-9-6-15(7-10-16)20(23)26-17-8-5-14(2)18(21)13-17/h3,5-10,13H,1,4,11-12H2,2H3. The molecule has 2 rings (SSSR count). The number of aryl methyl sites for hydroxylation is 1. The predicted octanol–water partition coefficient (Wildman–Crippen LogP) is 4.37. The lowest BCUT2D eigenvalue weighted by molar-refractivity contribution is -0.137. The molecule has 0 atom stereocenters. The van der Waals surface area contributed by atoms with Gasteiger partial charge in [0.25, 0.3) is 0 Å². The summed E-state index contributed by atoms with van der Waals surface area (Å²) in [6.07, 6.45) is 1.67. The Morgan fingerprint density at radius 2 is 1.77 bits per heavy atom. The molecular weight excluding hydrogens is 356 g/mol. The zero-order chi connectivity index (χ0) is 18.9. The highest BCUT2D eigenvalue weighted by atomic mass is 35.5. The summed E-state index contributed by atoms with van der Waals surface area (Å²) in [5, 5.41) is 0.540. The first-order valence-electron chi connectivity index (χ1n) is 8.00. The molecule has 0 aromatic heterocycles. The first-order chi connectivity index (χ1) is 12.5. The van der Waals surface area contributed by atoms with E-state index in [4.69, 9.17) is 25.8 Å². The van der Waals surface area contributed by atoms with Crippen molar-refractivity contribution in [1.29, 1.82) is 0 Å². The van der Waals surface area contributed by atoms with E-state index in [0.717, 1.165) is 11.6 Å². The molecule has 0 spiro atoms. The van der Waals surface area contributed by atoms with Crippen molar-refractivity contribution >= 4 is 23.5 Å². The number of ether oxygens (including phenoxy) is 3. The minimum atomic E-state index is -0.479. The van der Waals surface area contributed by atoms with Crippen molar-refractivity contribution in [3.8, 4) is 11.5 Å². The molecule has 0 fully saturated rings. The molecule has 0 aliphatic heterocycles. The van der Waals surface area contributed by atoms with E-state index in [1.165, 1.54) is 0 Å². The second-order valence-electron chi connectivity index (χ2n) is 5.40. The summed E-state index contributed by atoms with van der Waals surface area (Å²) in [7, 11) is 0. The summed E-state index contributed by atoms with van der Waals surface area (Å²) in [5.74, 6) is 0.0607. The fourth-order valence-corrected chi connectivity index (χ4v) is 2.14. The van der Waals surface area contributed by atoms with Crippen molar-refractivity contribution < 1.29 is 23.8 Å². The average Bonchev–Trinajstić information content (AvgIpc) is 2.64. The quantitative estimate of drug-likeness (QED) is 0.297. The lowest BCUT2D eigenvalue weighted by atomic mass is 10.2. The van der Waals surface area contributed by atoms with Crippen molar-refractivity contribution in [1.82, 2.24) is 0 Å². The number of hydrogen-bond acceptors (Lipinski definition) is 5. The van der Waals surface area contributed by atoms with Gasteiger partial charge in [0.05, 0.1) is 18.8 Å². The van der Waals surface area contributed by atoms with Gasteiger partial charge >= 0.3 is 11.9 Å². The van der Waals surface area contributed by atoms with Crippen molar-refractivity contribution in [2.75, 3.05) is 13.2 Å². The summed E-state index contributed by atoms with van der Waals surface area (Å²) in [5.41, 5.74) is 1.31. The van der Waals surface area contributed by atoms with E-state index < -0.39 is 11.9 Å². The molecule has 0 unspecified atom stereocenters. The van der Waals surface area contributed by atoms with Crippen LogP contribution in [0.2, 0.25) is 5.02 Å². The topological polar surface area (TPSA) is 61.8 Å². The van der Waals surface area contributed by atoms with Gasteiger partial charge in [0, 0.05) is 17.5 Å². The number of benzene rings is 2. The number of carbonyl (C=O) groups is 2. The molecule has 0 aliphatic carbocycles. The van der Waals surface area contributed by atoms with Crippen LogP contribution < -0.4 is 9.47 Å². The highest BCUT2D eigenvalue weighted by Crippen LogP contribution is 2.23. The molecule has 5 nitrogen and oxygen atoms in total. The summed E-state index contributed by atoms with van der Waals surface area (Å²) >= 11 is 6.02. The van der Waals surface area contributed by atoms with Crippen molar-refractivity contribution in [3.05, 3.63) is 71.3 Å². The lowest BCUT2D eigenvalue weighted by Gasteiger charge is -2.08. The van der Waals surface area contributed by atoms with Crippen LogP contribution in [0.1, 0.15) is 22.3 Å². The molecule has 2 aromatic carbocycles. The second kappa shape index (κ2) is 9.63. The third kappa shape index (κ3) is 5.93. The number of esters is 2. The van der Waals surface area contributed by atoms with Crippen LogP contribution in [-0.4, -0.2) is 25.2 Å². The molecule has 6 heteroatoms. The van der Waals surface area contributed by atoms with Crippen LogP contribution in [0.5, 0.6) is 11.5 Å². The van der Waals surface area contributed by atoms with Gasteiger partial charge in [0.15, 0.2) is 0 Å². The molecule has 2 aromatic rings. The van der Waals surface area contributed by atoms with Gasteiger partial charge in [-0.25, -0.2) is 9.59 Å². The Labute approximate surface area is 157 Å². The van der Waals surface area contributed by atoms with E-state index in [1.807, 2.05) is 6.92 Å². The molecular formula is C20H19ClO5. The zero-order valence-electron chi connectivity index (χ0n) is 14.4. The molecule has 0 aliphatic rings. The van der Waals surface area contributed by atoms with Gasteiger partial charge in [-0.2, -0.15) is 0 Å². The van der Waals surface area contributed by atoms with Gasteiger partial charge in [-0.1, -0.05) is 24.2 Å². The monoisotopic (exact) mass is 374 g/mol. The average molecular weight is 375 g/mol. The summed E-state index contributed by atoms with van der Waals surface area (Å²) in [6.45, 7) is 5.83. The fourth-order valence-electron chi connectivity index (χ4n) is 1.97. The third-order valence-corrected chi connectivity index (χ3v) is 3.82.